The molecule has 5 heteroatoms. The second kappa shape index (κ2) is 7.51. The molecule has 0 spiro atoms. The number of rotatable bonds is 1. The lowest BCUT2D eigenvalue weighted by atomic mass is 9.95. The molecule has 0 radical (unpaired) electrons. The van der Waals surface area contributed by atoms with Crippen molar-refractivity contribution < 1.29 is 4.74 Å². The minimum atomic E-state index is -0.506. The van der Waals surface area contributed by atoms with Crippen LogP contribution >= 0.6 is 12.6 Å². The minimum absolute atomic E-state index is 0.0883. The first-order valence-corrected chi connectivity index (χ1v) is 9.42. The van der Waals surface area contributed by atoms with Gasteiger partial charge in [-0.3, -0.25) is 9.98 Å². The molecule has 1 aromatic rings. The zero-order chi connectivity index (χ0) is 18.7. The van der Waals surface area contributed by atoms with E-state index in [9.17, 15) is 5.26 Å². The first kappa shape index (κ1) is 18.5. The Kier molecular flexibility index (Phi) is 5.33. The summed E-state index contributed by atoms with van der Waals surface area (Å²) >= 11 is 4.51. The Morgan fingerprint density at radius 3 is 2.88 bits per heavy atom. The molecule has 1 aliphatic carbocycles. The van der Waals surface area contributed by atoms with Gasteiger partial charge >= 0.3 is 0 Å². The van der Waals surface area contributed by atoms with Gasteiger partial charge in [0.25, 0.3) is 0 Å². The van der Waals surface area contributed by atoms with Crippen LogP contribution < -0.4 is 0 Å². The van der Waals surface area contributed by atoms with Gasteiger partial charge in [0.15, 0.2) is 0 Å². The van der Waals surface area contributed by atoms with Crippen LogP contribution in [0.2, 0.25) is 0 Å². The normalized spacial score (nSPS) is 30.4. The van der Waals surface area contributed by atoms with Crippen LogP contribution in [-0.4, -0.2) is 22.2 Å². The number of nitrogens with zero attached hydrogens (tertiary/aromatic N) is 3. The molecule has 26 heavy (non-hydrogen) atoms. The van der Waals surface area contributed by atoms with E-state index in [2.05, 4.69) is 28.7 Å². The summed E-state index contributed by atoms with van der Waals surface area (Å²) in [6.07, 6.45) is 11.0. The lowest BCUT2D eigenvalue weighted by molar-refractivity contribution is 0.138. The molecule has 0 amide bonds. The summed E-state index contributed by atoms with van der Waals surface area (Å²) in [7, 11) is 0. The number of aliphatic imine (C=N–C) groups is 1. The molecule has 3 aliphatic rings. The summed E-state index contributed by atoms with van der Waals surface area (Å²) in [5.41, 5.74) is 3.86. The van der Waals surface area contributed by atoms with Crippen LogP contribution in [-0.2, 0) is 4.74 Å². The van der Waals surface area contributed by atoms with Gasteiger partial charge in [-0.2, -0.15) is 5.26 Å². The van der Waals surface area contributed by atoms with Crippen molar-refractivity contribution in [1.82, 2.24) is 4.98 Å². The van der Waals surface area contributed by atoms with Crippen molar-refractivity contribution in [2.75, 3.05) is 0 Å². The van der Waals surface area contributed by atoms with Gasteiger partial charge in [-0.15, -0.1) is 12.6 Å². The number of pyridine rings is 1. The van der Waals surface area contributed by atoms with Crippen molar-refractivity contribution in [3.05, 3.63) is 59.1 Å². The Hall–Kier alpha value is -2.32. The molecule has 134 valence electrons. The lowest BCUT2D eigenvalue weighted by Gasteiger charge is -2.14. The number of aromatic nitrogens is 1. The predicted molar refractivity (Wildman–Crippen MR) is 108 cm³/mol. The third-order valence-electron chi connectivity index (χ3n) is 4.76. The fourth-order valence-corrected chi connectivity index (χ4v) is 3.68. The minimum Gasteiger partial charge on any atom is -0.489 e. The van der Waals surface area contributed by atoms with Gasteiger partial charge < -0.3 is 4.74 Å². The molecule has 3 unspecified atom stereocenters. The van der Waals surface area contributed by atoms with E-state index in [1.54, 1.807) is 12.4 Å². The quantitative estimate of drug-likeness (QED) is 0.578. The van der Waals surface area contributed by atoms with Gasteiger partial charge in [-0.05, 0) is 37.1 Å². The summed E-state index contributed by atoms with van der Waals surface area (Å²) in [6, 6.07) is 6.14. The average Bonchev–Trinajstić information content (AvgIpc) is 3.15. The molecule has 1 aromatic heterocycles. The van der Waals surface area contributed by atoms with E-state index < -0.39 is 4.87 Å². The maximum absolute atomic E-state index is 9.61. The summed E-state index contributed by atoms with van der Waals surface area (Å²) in [6.45, 7) is 5.94. The third-order valence-corrected chi connectivity index (χ3v) is 5.02. The number of hydrogen-bond donors (Lipinski definition) is 1. The van der Waals surface area contributed by atoms with Crippen LogP contribution in [0.4, 0.5) is 0 Å². The molecule has 4 nitrogen and oxygen atoms in total. The monoisotopic (exact) mass is 365 g/mol. The molecular weight excluding hydrogens is 342 g/mol. The van der Waals surface area contributed by atoms with Crippen molar-refractivity contribution in [1.29, 1.82) is 5.26 Å². The Bertz CT molecular complexity index is 844. The van der Waals surface area contributed by atoms with Gasteiger partial charge in [0.05, 0.1) is 11.6 Å². The number of fused-ring (bicyclic) bond motifs is 2. The van der Waals surface area contributed by atoms with Gasteiger partial charge in [-0.25, -0.2) is 0 Å². The van der Waals surface area contributed by atoms with E-state index >= 15 is 0 Å². The predicted octanol–water partition coefficient (Wildman–Crippen LogP) is 4.73. The van der Waals surface area contributed by atoms with Crippen LogP contribution in [0.1, 0.15) is 39.2 Å². The SMILES string of the molecule is CC.CC1(S)C=CC2=C(C=N1)C1C/C(=C(\C#N)c3cccnc3)CC1O2. The lowest BCUT2D eigenvalue weighted by Crippen LogP contribution is -2.13. The molecule has 0 N–H and O–H groups in total. The van der Waals surface area contributed by atoms with Gasteiger partial charge in [-0.1, -0.05) is 19.9 Å². The smallest absolute Gasteiger partial charge is 0.124 e. The number of allylic oxidation sites excluding steroid dienone is 2. The third kappa shape index (κ3) is 3.47. The molecule has 0 saturated heterocycles. The molecule has 3 heterocycles. The molecule has 1 fully saturated rings. The van der Waals surface area contributed by atoms with Gasteiger partial charge in [0, 0.05) is 42.1 Å². The molecule has 3 atom stereocenters. The number of hydrogen-bond acceptors (Lipinski definition) is 5. The Morgan fingerprint density at radius 1 is 1.38 bits per heavy atom. The Morgan fingerprint density at radius 2 is 2.19 bits per heavy atom. The van der Waals surface area contributed by atoms with Crippen molar-refractivity contribution in [2.45, 2.75) is 44.6 Å². The first-order valence-electron chi connectivity index (χ1n) is 8.97. The second-order valence-corrected chi connectivity index (χ2v) is 7.41. The zero-order valence-electron chi connectivity index (χ0n) is 15.3. The summed E-state index contributed by atoms with van der Waals surface area (Å²) in [5.74, 6) is 1.15. The largest absolute Gasteiger partial charge is 0.489 e. The molecule has 4 rings (SSSR count). The molecule has 1 saturated carbocycles. The van der Waals surface area contributed by atoms with Crippen LogP contribution in [0, 0.1) is 17.2 Å². The second-order valence-electron chi connectivity index (χ2n) is 6.51. The highest BCUT2D eigenvalue weighted by atomic mass is 32.1. The fraction of sp³-hybridized carbons (Fsp3) is 0.381. The van der Waals surface area contributed by atoms with Crippen LogP contribution in [0.25, 0.3) is 5.57 Å². The number of thiol groups is 1. The summed E-state index contributed by atoms with van der Waals surface area (Å²) < 4.78 is 6.13. The molecule has 0 aromatic carbocycles. The van der Waals surface area contributed by atoms with Crippen molar-refractivity contribution >= 4 is 24.4 Å². The highest BCUT2D eigenvalue weighted by Gasteiger charge is 2.42. The number of nitriles is 1. The Labute approximate surface area is 160 Å². The molecule has 0 bridgehead atoms. The van der Waals surface area contributed by atoms with Gasteiger partial charge in [0.1, 0.15) is 16.7 Å². The zero-order valence-corrected chi connectivity index (χ0v) is 16.2. The van der Waals surface area contributed by atoms with Crippen LogP contribution in [0.3, 0.4) is 0 Å². The van der Waals surface area contributed by atoms with Crippen molar-refractivity contribution in [2.24, 2.45) is 10.9 Å². The van der Waals surface area contributed by atoms with E-state index in [0.29, 0.717) is 0 Å². The highest BCUT2D eigenvalue weighted by molar-refractivity contribution is 7.82. The van der Waals surface area contributed by atoms with E-state index in [4.69, 9.17) is 4.74 Å². The van der Waals surface area contributed by atoms with Crippen LogP contribution in [0.15, 0.2) is 58.6 Å². The molecular formula is C21H23N3OS. The fourth-order valence-electron chi connectivity index (χ4n) is 3.55. The van der Waals surface area contributed by atoms with Crippen molar-refractivity contribution in [3.8, 4) is 6.07 Å². The summed E-state index contributed by atoms with van der Waals surface area (Å²) in [4.78, 5) is 8.15. The van der Waals surface area contributed by atoms with Gasteiger partial charge in [0.2, 0.25) is 0 Å². The van der Waals surface area contributed by atoms with Crippen molar-refractivity contribution in [3.63, 3.8) is 0 Å². The van der Waals surface area contributed by atoms with E-state index in [1.807, 2.05) is 51.3 Å². The highest BCUT2D eigenvalue weighted by Crippen LogP contribution is 2.47. The topological polar surface area (TPSA) is 58.3 Å². The Balaban J connectivity index is 0.000000948. The standard InChI is InChI=1S/C19H17N3OS.C2H6/c1-19(24)5-4-17-16(11-22-19)14-7-13(8-18(14)23-17)15(9-20)12-3-2-6-21-10-12;1-2/h2-6,10-11,14,18,24H,7-8H2,1H3;1-2H3/b15-13-;. The first-order chi connectivity index (χ1) is 12.6. The van der Waals surface area contributed by atoms with Crippen LogP contribution in [0.5, 0.6) is 0 Å². The van der Waals surface area contributed by atoms with E-state index in [1.165, 1.54) is 0 Å². The van der Waals surface area contributed by atoms with E-state index in [0.717, 1.165) is 40.9 Å². The average molecular weight is 366 g/mol. The summed E-state index contributed by atoms with van der Waals surface area (Å²) in [5, 5.41) is 9.61. The van der Waals surface area contributed by atoms with E-state index in [-0.39, 0.29) is 12.0 Å². The molecule has 2 aliphatic heterocycles. The number of ether oxygens (including phenoxy) is 1. The maximum atomic E-state index is 9.61. The maximum Gasteiger partial charge on any atom is 0.124 e.